The molecule has 0 saturated carbocycles. The third kappa shape index (κ3) is 5.98. The minimum atomic E-state index is -0.0218. The van der Waals surface area contributed by atoms with Crippen molar-refractivity contribution in [3.8, 4) is 0 Å². The minimum absolute atomic E-state index is 0.0218. The molecular weight excluding hydrogens is 409 g/mol. The van der Waals surface area contributed by atoms with E-state index >= 15 is 0 Å². The Hall–Kier alpha value is -1.35. The second kappa shape index (κ2) is 9.07. The number of piperazine rings is 1. The highest BCUT2D eigenvalue weighted by molar-refractivity contribution is 14.1. The molecule has 0 radical (unpaired) electrons. The molecule has 1 saturated heterocycles. The van der Waals surface area contributed by atoms with Gasteiger partial charge in [0.05, 0.1) is 6.54 Å². The normalized spacial score (nSPS) is 16.0. The summed E-state index contributed by atoms with van der Waals surface area (Å²) in [5, 5.41) is 2.87. The van der Waals surface area contributed by atoms with Gasteiger partial charge in [-0.3, -0.25) is 14.5 Å². The van der Waals surface area contributed by atoms with Crippen molar-refractivity contribution in [2.24, 2.45) is 0 Å². The number of amides is 2. The number of halogens is 1. The first-order valence-electron chi connectivity index (χ1n) is 7.80. The van der Waals surface area contributed by atoms with E-state index in [0.717, 1.165) is 23.3 Å². The second-order valence-electron chi connectivity index (χ2n) is 5.43. The summed E-state index contributed by atoms with van der Waals surface area (Å²) in [6.45, 7) is 5.87. The maximum absolute atomic E-state index is 12.1. The van der Waals surface area contributed by atoms with Crippen molar-refractivity contribution in [2.45, 2.75) is 13.3 Å². The molecule has 1 aliphatic rings. The molecule has 2 amide bonds. The molecule has 1 aromatic heterocycles. The lowest BCUT2D eigenvalue weighted by Gasteiger charge is -2.33. The Labute approximate surface area is 150 Å². The van der Waals surface area contributed by atoms with Crippen molar-refractivity contribution in [2.75, 3.05) is 39.3 Å². The zero-order valence-electron chi connectivity index (χ0n) is 13.3. The quantitative estimate of drug-likeness (QED) is 0.549. The van der Waals surface area contributed by atoms with Gasteiger partial charge in [0.15, 0.2) is 3.77 Å². The average molecular weight is 431 g/mol. The summed E-state index contributed by atoms with van der Waals surface area (Å²) in [5.41, 5.74) is 0. The fourth-order valence-corrected chi connectivity index (χ4v) is 2.76. The van der Waals surface area contributed by atoms with Crippen LogP contribution in [0.25, 0.3) is 6.08 Å². The highest BCUT2D eigenvalue weighted by atomic mass is 127. The Morgan fingerprint density at radius 2 is 2.04 bits per heavy atom. The summed E-state index contributed by atoms with van der Waals surface area (Å²) in [7, 11) is 0. The summed E-state index contributed by atoms with van der Waals surface area (Å²) in [6.07, 6.45) is 4.17. The molecule has 1 aliphatic heterocycles. The molecule has 1 aromatic rings. The van der Waals surface area contributed by atoms with Crippen molar-refractivity contribution in [3.05, 3.63) is 27.7 Å². The van der Waals surface area contributed by atoms with Gasteiger partial charge in [0.1, 0.15) is 5.76 Å². The summed E-state index contributed by atoms with van der Waals surface area (Å²) < 4.78 is 6.19. The van der Waals surface area contributed by atoms with Crippen LogP contribution < -0.4 is 5.32 Å². The van der Waals surface area contributed by atoms with Crippen molar-refractivity contribution in [1.29, 1.82) is 0 Å². The second-order valence-corrected chi connectivity index (χ2v) is 6.49. The lowest BCUT2D eigenvalue weighted by Crippen LogP contribution is -2.50. The molecule has 2 rings (SSSR count). The first-order valence-corrected chi connectivity index (χ1v) is 8.87. The van der Waals surface area contributed by atoms with Gasteiger partial charge in [0.25, 0.3) is 0 Å². The Bertz CT molecular complexity index is 563. The van der Waals surface area contributed by atoms with E-state index in [1.807, 2.05) is 19.1 Å². The maximum Gasteiger partial charge on any atom is 0.246 e. The summed E-state index contributed by atoms with van der Waals surface area (Å²) >= 11 is 2.09. The number of rotatable bonds is 6. The van der Waals surface area contributed by atoms with Crippen molar-refractivity contribution in [3.63, 3.8) is 0 Å². The van der Waals surface area contributed by atoms with Gasteiger partial charge < -0.3 is 14.6 Å². The number of carbonyl (C=O) groups is 2. The Balaban J connectivity index is 1.74. The van der Waals surface area contributed by atoms with E-state index < -0.39 is 0 Å². The molecule has 6 nitrogen and oxygen atoms in total. The molecule has 0 aromatic carbocycles. The van der Waals surface area contributed by atoms with Crippen LogP contribution in [-0.2, 0) is 9.59 Å². The lowest BCUT2D eigenvalue weighted by atomic mass is 10.3. The minimum Gasteiger partial charge on any atom is -0.451 e. The Morgan fingerprint density at radius 1 is 1.30 bits per heavy atom. The van der Waals surface area contributed by atoms with Crippen LogP contribution in [0.1, 0.15) is 19.1 Å². The Kier molecular flexibility index (Phi) is 7.10. The molecule has 1 N–H and O–H groups in total. The monoisotopic (exact) mass is 431 g/mol. The van der Waals surface area contributed by atoms with Crippen LogP contribution in [-0.4, -0.2) is 60.9 Å². The molecule has 0 spiro atoms. The van der Waals surface area contributed by atoms with E-state index in [0.29, 0.717) is 31.9 Å². The van der Waals surface area contributed by atoms with Gasteiger partial charge in [-0.15, -0.1) is 0 Å². The molecule has 0 atom stereocenters. The zero-order valence-corrected chi connectivity index (χ0v) is 15.4. The van der Waals surface area contributed by atoms with E-state index in [-0.39, 0.29) is 11.8 Å². The van der Waals surface area contributed by atoms with E-state index in [1.54, 1.807) is 17.1 Å². The maximum atomic E-state index is 12.1. The third-order valence-corrected chi connectivity index (χ3v) is 4.19. The number of furan rings is 1. The van der Waals surface area contributed by atoms with Crippen molar-refractivity contribution in [1.82, 2.24) is 15.1 Å². The third-order valence-electron chi connectivity index (χ3n) is 3.61. The fraction of sp³-hybridized carbons (Fsp3) is 0.500. The van der Waals surface area contributed by atoms with Crippen LogP contribution in [0.5, 0.6) is 0 Å². The first kappa shape index (κ1) is 18.0. The molecule has 0 aliphatic carbocycles. The number of hydrogen-bond acceptors (Lipinski definition) is 4. The largest absolute Gasteiger partial charge is 0.451 e. The van der Waals surface area contributed by atoms with Crippen molar-refractivity contribution >= 4 is 40.5 Å². The Morgan fingerprint density at radius 3 is 2.65 bits per heavy atom. The van der Waals surface area contributed by atoms with E-state index in [2.05, 4.69) is 32.8 Å². The molecule has 2 heterocycles. The molecule has 0 unspecified atom stereocenters. The van der Waals surface area contributed by atoms with E-state index in [4.69, 9.17) is 4.42 Å². The van der Waals surface area contributed by atoms with Crippen LogP contribution in [0.2, 0.25) is 0 Å². The molecule has 23 heavy (non-hydrogen) atoms. The van der Waals surface area contributed by atoms with Gasteiger partial charge in [0, 0.05) is 38.8 Å². The van der Waals surface area contributed by atoms with Gasteiger partial charge in [0.2, 0.25) is 11.8 Å². The highest BCUT2D eigenvalue weighted by Gasteiger charge is 2.21. The number of hydrogen-bond donors (Lipinski definition) is 1. The van der Waals surface area contributed by atoms with Crippen LogP contribution in [0.15, 0.2) is 22.6 Å². The van der Waals surface area contributed by atoms with Crippen LogP contribution in [0, 0.1) is 3.77 Å². The zero-order chi connectivity index (χ0) is 16.7. The summed E-state index contributed by atoms with van der Waals surface area (Å²) in [4.78, 5) is 27.7. The van der Waals surface area contributed by atoms with Gasteiger partial charge in [-0.05, 0) is 47.2 Å². The summed E-state index contributed by atoms with van der Waals surface area (Å²) in [5.74, 6) is 0.708. The standard InChI is InChI=1S/C16H22IN3O3/c1-2-7-18-15(21)12-19-8-10-20(11-9-19)16(22)6-4-13-3-5-14(17)23-13/h3-6H,2,7-12H2,1H3,(H,18,21)/b6-4+. The molecule has 7 heteroatoms. The highest BCUT2D eigenvalue weighted by Crippen LogP contribution is 2.12. The number of carbonyl (C=O) groups excluding carboxylic acids is 2. The first-order chi connectivity index (χ1) is 11.1. The van der Waals surface area contributed by atoms with E-state index in [9.17, 15) is 9.59 Å². The van der Waals surface area contributed by atoms with Crippen LogP contribution in [0.4, 0.5) is 0 Å². The van der Waals surface area contributed by atoms with Crippen LogP contribution >= 0.6 is 22.6 Å². The number of nitrogens with one attached hydrogen (secondary N) is 1. The van der Waals surface area contributed by atoms with E-state index in [1.165, 1.54) is 0 Å². The van der Waals surface area contributed by atoms with Gasteiger partial charge in [-0.2, -0.15) is 0 Å². The molecular formula is C16H22IN3O3. The predicted molar refractivity (Wildman–Crippen MR) is 96.8 cm³/mol. The van der Waals surface area contributed by atoms with Gasteiger partial charge in [-0.1, -0.05) is 6.92 Å². The predicted octanol–water partition coefficient (Wildman–Crippen LogP) is 1.57. The topological polar surface area (TPSA) is 65.8 Å². The fourth-order valence-electron chi connectivity index (χ4n) is 2.33. The van der Waals surface area contributed by atoms with Crippen molar-refractivity contribution < 1.29 is 14.0 Å². The smallest absolute Gasteiger partial charge is 0.246 e. The lowest BCUT2D eigenvalue weighted by molar-refractivity contribution is -0.128. The average Bonchev–Trinajstić information content (AvgIpc) is 2.97. The summed E-state index contributed by atoms with van der Waals surface area (Å²) in [6, 6.07) is 3.69. The SMILES string of the molecule is CCCNC(=O)CN1CCN(C(=O)/C=C/c2ccc(I)o2)CC1. The molecule has 0 bridgehead atoms. The molecule has 126 valence electrons. The van der Waals surface area contributed by atoms with Crippen LogP contribution in [0.3, 0.4) is 0 Å². The van der Waals surface area contributed by atoms with Gasteiger partial charge >= 0.3 is 0 Å². The van der Waals surface area contributed by atoms with Gasteiger partial charge in [-0.25, -0.2) is 0 Å². The molecule has 1 fully saturated rings. The number of nitrogens with zero attached hydrogens (tertiary/aromatic N) is 2.